The molecule has 1 amide bonds. The van der Waals surface area contributed by atoms with E-state index < -0.39 is 0 Å². The van der Waals surface area contributed by atoms with Crippen molar-refractivity contribution in [3.05, 3.63) is 28.5 Å². The Morgan fingerprint density at radius 3 is 2.58 bits per heavy atom. The van der Waals surface area contributed by atoms with Crippen LogP contribution in [-0.2, 0) is 29.0 Å². The van der Waals surface area contributed by atoms with Crippen molar-refractivity contribution in [2.45, 2.75) is 90.4 Å². The molecule has 4 heterocycles. The molecule has 5 aliphatic rings. The smallest absolute Gasteiger partial charge is 0.239 e. The molecule has 3 saturated carbocycles. The summed E-state index contributed by atoms with van der Waals surface area (Å²) in [7, 11) is 1.87. The van der Waals surface area contributed by atoms with E-state index in [2.05, 4.69) is 37.4 Å². The lowest BCUT2D eigenvalue weighted by Crippen LogP contribution is -2.62. The molecule has 2 aliphatic heterocycles. The number of ether oxygens (including phenoxy) is 1. The van der Waals surface area contributed by atoms with Crippen LogP contribution in [0.1, 0.15) is 73.9 Å². The predicted molar refractivity (Wildman–Crippen MR) is 154 cm³/mol. The predicted octanol–water partition coefficient (Wildman–Crippen LogP) is 2.48. The van der Waals surface area contributed by atoms with Gasteiger partial charge in [0.1, 0.15) is 23.2 Å². The number of amides is 1. The van der Waals surface area contributed by atoms with Crippen LogP contribution in [-0.4, -0.2) is 76.3 Å². The van der Waals surface area contributed by atoms with Gasteiger partial charge in [0.05, 0.1) is 24.6 Å². The van der Waals surface area contributed by atoms with Crippen LogP contribution in [0.3, 0.4) is 0 Å². The molecule has 2 aromatic heterocycles. The first-order chi connectivity index (χ1) is 19.2. The summed E-state index contributed by atoms with van der Waals surface area (Å²) in [5.41, 5.74) is 5.83. The fraction of sp³-hybridized carbons (Fsp3) is 0.690. The van der Waals surface area contributed by atoms with Gasteiger partial charge < -0.3 is 31.0 Å². The number of aromatic nitrogens is 4. The maximum absolute atomic E-state index is 12.9. The SMILES string of the molecule is CNc1c(C(C)=N)nc(C)nc1N1CCc2c(c(C)nn2CC23CCC(NC(=O)[C@H]4COCCN4)(CC2)CC3)C1. The van der Waals surface area contributed by atoms with E-state index in [0.29, 0.717) is 30.4 Å². The van der Waals surface area contributed by atoms with Gasteiger partial charge in [-0.05, 0) is 64.7 Å². The summed E-state index contributed by atoms with van der Waals surface area (Å²) in [6.07, 6.45) is 7.40. The minimum atomic E-state index is -0.231. The number of aryl methyl sites for hydroxylation is 2. The molecule has 7 rings (SSSR count). The average Bonchev–Trinajstić information content (AvgIpc) is 3.27. The molecule has 4 fully saturated rings. The van der Waals surface area contributed by atoms with E-state index in [9.17, 15) is 4.79 Å². The standard InChI is InChI=1S/C29H43N9O2/c1-18(30)24-25(31-4)26(34-20(3)33-24)37-13-5-23-21(15-37)19(2)36-38(23)17-28-6-9-29(10-7-28,11-8-28)35-27(39)22-16-40-14-12-32-22/h22,30-32H,5-17H2,1-4H3,(H,35,39)/t22-,28?,29?/m1/s1. The number of carbonyl (C=O) groups is 1. The maximum Gasteiger partial charge on any atom is 0.239 e. The average molecular weight is 550 g/mol. The summed E-state index contributed by atoms with van der Waals surface area (Å²) >= 11 is 0. The van der Waals surface area contributed by atoms with Crippen LogP contribution in [0.15, 0.2) is 0 Å². The van der Waals surface area contributed by atoms with Gasteiger partial charge in [-0.2, -0.15) is 5.10 Å². The van der Waals surface area contributed by atoms with Gasteiger partial charge >= 0.3 is 0 Å². The summed E-state index contributed by atoms with van der Waals surface area (Å²) in [4.78, 5) is 24.5. The molecule has 11 nitrogen and oxygen atoms in total. The van der Waals surface area contributed by atoms with Crippen LogP contribution in [0, 0.1) is 24.7 Å². The maximum atomic E-state index is 12.9. The number of hydrogen-bond donors (Lipinski definition) is 4. The first kappa shape index (κ1) is 27.1. The van der Waals surface area contributed by atoms with Gasteiger partial charge in [0, 0.05) is 56.4 Å². The summed E-state index contributed by atoms with van der Waals surface area (Å²) in [6.45, 7) is 10.2. The quantitative estimate of drug-likeness (QED) is 0.387. The lowest BCUT2D eigenvalue weighted by Gasteiger charge is -2.54. The van der Waals surface area contributed by atoms with E-state index >= 15 is 0 Å². The second-order valence-electron chi connectivity index (χ2n) is 12.4. The van der Waals surface area contributed by atoms with Crippen molar-refractivity contribution in [2.75, 3.05) is 43.6 Å². The number of morpholine rings is 1. The first-order valence-electron chi connectivity index (χ1n) is 14.8. The molecule has 1 atom stereocenters. The number of hydrogen-bond acceptors (Lipinski definition) is 9. The van der Waals surface area contributed by atoms with E-state index in [1.165, 1.54) is 11.3 Å². The molecule has 4 N–H and O–H groups in total. The van der Waals surface area contributed by atoms with Crippen LogP contribution in [0.4, 0.5) is 11.5 Å². The highest BCUT2D eigenvalue weighted by Crippen LogP contribution is 2.53. The minimum absolute atomic E-state index is 0.0632. The monoisotopic (exact) mass is 549 g/mol. The Morgan fingerprint density at radius 2 is 1.93 bits per heavy atom. The van der Waals surface area contributed by atoms with E-state index in [1.54, 1.807) is 6.92 Å². The molecular formula is C29H43N9O2. The third kappa shape index (κ3) is 4.87. The Morgan fingerprint density at radius 1 is 1.18 bits per heavy atom. The molecule has 40 heavy (non-hydrogen) atoms. The normalized spacial score (nSPS) is 27.8. The van der Waals surface area contributed by atoms with Crippen molar-refractivity contribution in [3.63, 3.8) is 0 Å². The van der Waals surface area contributed by atoms with Gasteiger partial charge in [-0.15, -0.1) is 0 Å². The van der Waals surface area contributed by atoms with Crippen molar-refractivity contribution in [3.8, 4) is 0 Å². The second-order valence-corrected chi connectivity index (χ2v) is 12.4. The summed E-state index contributed by atoms with van der Waals surface area (Å²) in [5, 5.41) is 23.3. The number of carbonyl (C=O) groups excluding carboxylic acids is 1. The van der Waals surface area contributed by atoms with Crippen LogP contribution in [0.2, 0.25) is 0 Å². The summed E-state index contributed by atoms with van der Waals surface area (Å²) < 4.78 is 7.81. The Balaban J connectivity index is 1.15. The highest BCUT2D eigenvalue weighted by molar-refractivity contribution is 6.01. The van der Waals surface area contributed by atoms with Gasteiger partial charge in [-0.25, -0.2) is 9.97 Å². The molecule has 0 spiro atoms. The van der Waals surface area contributed by atoms with E-state index in [0.717, 1.165) is 88.3 Å². The highest BCUT2D eigenvalue weighted by atomic mass is 16.5. The third-order valence-corrected chi connectivity index (χ3v) is 9.75. The molecule has 0 aromatic carbocycles. The zero-order chi connectivity index (χ0) is 28.1. The molecular weight excluding hydrogens is 506 g/mol. The largest absolute Gasteiger partial charge is 0.383 e. The van der Waals surface area contributed by atoms with Crippen molar-refractivity contribution < 1.29 is 9.53 Å². The number of nitrogens with one attached hydrogen (secondary N) is 4. The summed E-state index contributed by atoms with van der Waals surface area (Å²) in [5.74, 6) is 1.64. The van der Waals surface area contributed by atoms with E-state index in [4.69, 9.17) is 20.2 Å². The zero-order valence-electron chi connectivity index (χ0n) is 24.3. The van der Waals surface area contributed by atoms with Crippen LogP contribution < -0.4 is 20.9 Å². The Kier molecular flexibility index (Phi) is 7.06. The molecule has 216 valence electrons. The van der Waals surface area contributed by atoms with Crippen molar-refractivity contribution >= 4 is 23.1 Å². The number of anilines is 2. The third-order valence-electron chi connectivity index (χ3n) is 9.75. The van der Waals surface area contributed by atoms with Crippen LogP contribution in [0.5, 0.6) is 0 Å². The van der Waals surface area contributed by atoms with Crippen LogP contribution >= 0.6 is 0 Å². The van der Waals surface area contributed by atoms with Gasteiger partial charge in [-0.1, -0.05) is 0 Å². The molecule has 1 saturated heterocycles. The topological polar surface area (TPSA) is 133 Å². The molecule has 11 heteroatoms. The molecule has 2 aromatic rings. The Hall–Kier alpha value is -3.05. The van der Waals surface area contributed by atoms with Crippen molar-refractivity contribution in [2.24, 2.45) is 5.41 Å². The fourth-order valence-corrected chi connectivity index (χ4v) is 7.35. The molecule has 3 aliphatic carbocycles. The Bertz CT molecular complexity index is 1290. The highest BCUT2D eigenvalue weighted by Gasteiger charge is 2.50. The number of fused-ring (bicyclic) bond motifs is 4. The van der Waals surface area contributed by atoms with Crippen molar-refractivity contribution in [1.82, 2.24) is 30.4 Å². The summed E-state index contributed by atoms with van der Waals surface area (Å²) in [6, 6.07) is -0.231. The lowest BCUT2D eigenvalue weighted by atomic mass is 9.57. The second kappa shape index (κ2) is 10.4. The van der Waals surface area contributed by atoms with Gasteiger partial charge in [0.25, 0.3) is 0 Å². The van der Waals surface area contributed by atoms with E-state index in [1.807, 2.05) is 14.0 Å². The van der Waals surface area contributed by atoms with Crippen LogP contribution in [0.25, 0.3) is 0 Å². The molecule has 0 unspecified atom stereocenters. The van der Waals surface area contributed by atoms with Gasteiger partial charge in [0.2, 0.25) is 5.91 Å². The number of rotatable bonds is 7. The molecule has 0 radical (unpaired) electrons. The molecule has 2 bridgehead atoms. The van der Waals surface area contributed by atoms with Gasteiger partial charge in [0.15, 0.2) is 5.82 Å². The zero-order valence-corrected chi connectivity index (χ0v) is 24.3. The first-order valence-corrected chi connectivity index (χ1v) is 14.8. The Labute approximate surface area is 236 Å². The number of nitrogens with zero attached hydrogens (tertiary/aromatic N) is 5. The van der Waals surface area contributed by atoms with Crippen molar-refractivity contribution in [1.29, 1.82) is 5.41 Å². The van der Waals surface area contributed by atoms with Gasteiger partial charge in [-0.3, -0.25) is 9.48 Å². The fourth-order valence-electron chi connectivity index (χ4n) is 7.35. The van der Waals surface area contributed by atoms with E-state index in [-0.39, 0.29) is 22.9 Å². The minimum Gasteiger partial charge on any atom is -0.383 e. The lowest BCUT2D eigenvalue weighted by molar-refractivity contribution is -0.130.